The van der Waals surface area contributed by atoms with Crippen molar-refractivity contribution in [3.63, 3.8) is 0 Å². The Morgan fingerprint density at radius 2 is 1.72 bits per heavy atom. The molecule has 0 saturated heterocycles. The number of rotatable bonds is 6. The molecule has 0 bridgehead atoms. The van der Waals surface area contributed by atoms with Crippen molar-refractivity contribution in [1.82, 2.24) is 4.90 Å². The second-order valence-electron chi connectivity index (χ2n) is 6.21. The quantitative estimate of drug-likeness (QED) is 0.779. The van der Waals surface area contributed by atoms with Gasteiger partial charge < -0.3 is 5.73 Å². The molecule has 2 saturated carbocycles. The van der Waals surface area contributed by atoms with Crippen molar-refractivity contribution in [2.24, 2.45) is 11.8 Å². The van der Waals surface area contributed by atoms with Crippen molar-refractivity contribution in [3.8, 4) is 0 Å². The predicted molar refractivity (Wildman–Crippen MR) is 76.3 cm³/mol. The molecule has 2 aliphatic carbocycles. The molecule has 2 N–H and O–H groups in total. The molecule has 98 valence electrons. The largest absolute Gasteiger partial charge is 0.399 e. The molecule has 0 heterocycles. The van der Waals surface area contributed by atoms with Crippen LogP contribution in [-0.4, -0.2) is 18.0 Å². The van der Waals surface area contributed by atoms with Gasteiger partial charge in [-0.3, -0.25) is 4.90 Å². The van der Waals surface area contributed by atoms with Gasteiger partial charge in [0.15, 0.2) is 0 Å². The highest BCUT2D eigenvalue weighted by atomic mass is 15.1. The fraction of sp³-hybridized carbons (Fsp3) is 0.625. The van der Waals surface area contributed by atoms with Crippen LogP contribution in [0.25, 0.3) is 0 Å². The van der Waals surface area contributed by atoms with E-state index in [0.29, 0.717) is 0 Å². The zero-order chi connectivity index (χ0) is 12.5. The Labute approximate surface area is 110 Å². The van der Waals surface area contributed by atoms with E-state index in [-0.39, 0.29) is 0 Å². The standard InChI is InChI=1S/C16H24N2/c1-12-15(3-2-4-16(12)17)11-18(9-13-5-6-13)10-14-7-8-14/h2-4,13-14H,5-11,17H2,1H3. The summed E-state index contributed by atoms with van der Waals surface area (Å²) in [7, 11) is 0. The predicted octanol–water partition coefficient (Wildman–Crippen LogP) is 3.20. The maximum absolute atomic E-state index is 6.01. The van der Waals surface area contributed by atoms with Crippen molar-refractivity contribution in [3.05, 3.63) is 29.3 Å². The minimum Gasteiger partial charge on any atom is -0.399 e. The highest BCUT2D eigenvalue weighted by Crippen LogP contribution is 2.34. The average Bonchev–Trinajstić information content (AvgIpc) is 3.20. The highest BCUT2D eigenvalue weighted by molar-refractivity contribution is 5.49. The van der Waals surface area contributed by atoms with Crippen LogP contribution in [0.1, 0.15) is 36.8 Å². The van der Waals surface area contributed by atoms with E-state index >= 15 is 0 Å². The van der Waals surface area contributed by atoms with Crippen LogP contribution < -0.4 is 5.73 Å². The molecule has 0 amide bonds. The maximum atomic E-state index is 6.01. The zero-order valence-corrected chi connectivity index (χ0v) is 11.4. The fourth-order valence-corrected chi connectivity index (χ4v) is 2.65. The number of benzene rings is 1. The molecule has 0 unspecified atom stereocenters. The van der Waals surface area contributed by atoms with Gasteiger partial charge in [0.2, 0.25) is 0 Å². The second-order valence-corrected chi connectivity index (χ2v) is 6.21. The molecule has 0 atom stereocenters. The summed E-state index contributed by atoms with van der Waals surface area (Å²) in [6.07, 6.45) is 5.77. The van der Waals surface area contributed by atoms with Crippen LogP contribution in [0.3, 0.4) is 0 Å². The van der Waals surface area contributed by atoms with Crippen LogP contribution in [-0.2, 0) is 6.54 Å². The summed E-state index contributed by atoms with van der Waals surface area (Å²) < 4.78 is 0. The molecule has 1 aromatic carbocycles. The topological polar surface area (TPSA) is 29.3 Å². The second kappa shape index (κ2) is 4.93. The van der Waals surface area contributed by atoms with Crippen molar-refractivity contribution in [2.75, 3.05) is 18.8 Å². The number of nitrogens with two attached hydrogens (primary N) is 1. The maximum Gasteiger partial charge on any atom is 0.0346 e. The van der Waals surface area contributed by atoms with Crippen LogP contribution in [0.5, 0.6) is 0 Å². The van der Waals surface area contributed by atoms with Gasteiger partial charge in [0.05, 0.1) is 0 Å². The van der Waals surface area contributed by atoms with Gasteiger partial charge in [-0.1, -0.05) is 12.1 Å². The lowest BCUT2D eigenvalue weighted by molar-refractivity contribution is 0.244. The van der Waals surface area contributed by atoms with Crippen molar-refractivity contribution in [2.45, 2.75) is 39.2 Å². The van der Waals surface area contributed by atoms with E-state index in [1.165, 1.54) is 49.9 Å². The van der Waals surface area contributed by atoms with Gasteiger partial charge in [-0.25, -0.2) is 0 Å². The monoisotopic (exact) mass is 244 g/mol. The Morgan fingerprint density at radius 3 is 2.28 bits per heavy atom. The Kier molecular flexibility index (Phi) is 3.29. The molecule has 0 spiro atoms. The number of hydrogen-bond donors (Lipinski definition) is 1. The Balaban J connectivity index is 1.67. The Morgan fingerprint density at radius 1 is 1.11 bits per heavy atom. The van der Waals surface area contributed by atoms with Crippen LogP contribution in [0.2, 0.25) is 0 Å². The number of anilines is 1. The van der Waals surface area contributed by atoms with Gasteiger partial charge in [-0.15, -0.1) is 0 Å². The molecule has 1 aromatic rings. The van der Waals surface area contributed by atoms with Gasteiger partial charge in [0, 0.05) is 25.3 Å². The van der Waals surface area contributed by atoms with Gasteiger partial charge in [0.25, 0.3) is 0 Å². The summed E-state index contributed by atoms with van der Waals surface area (Å²) in [4.78, 5) is 2.66. The smallest absolute Gasteiger partial charge is 0.0346 e. The number of hydrogen-bond acceptors (Lipinski definition) is 2. The van der Waals surface area contributed by atoms with Crippen LogP contribution in [0.4, 0.5) is 5.69 Å². The summed E-state index contributed by atoms with van der Waals surface area (Å²) in [6.45, 7) is 5.83. The SMILES string of the molecule is Cc1c(N)cccc1CN(CC1CC1)CC1CC1. The van der Waals surface area contributed by atoms with Crippen LogP contribution in [0, 0.1) is 18.8 Å². The van der Waals surface area contributed by atoms with Crippen molar-refractivity contribution < 1.29 is 0 Å². The van der Waals surface area contributed by atoms with E-state index in [1.54, 1.807) is 0 Å². The first-order valence-corrected chi connectivity index (χ1v) is 7.28. The summed E-state index contributed by atoms with van der Waals surface area (Å²) in [6, 6.07) is 6.33. The fourth-order valence-electron chi connectivity index (χ4n) is 2.65. The molecule has 3 rings (SSSR count). The first-order valence-electron chi connectivity index (χ1n) is 7.28. The number of nitrogen functional groups attached to an aromatic ring is 1. The molecular formula is C16H24N2. The first-order chi connectivity index (χ1) is 8.72. The molecule has 18 heavy (non-hydrogen) atoms. The lowest BCUT2D eigenvalue weighted by Gasteiger charge is -2.23. The Bertz CT molecular complexity index is 405. The van der Waals surface area contributed by atoms with E-state index < -0.39 is 0 Å². The van der Waals surface area contributed by atoms with Crippen LogP contribution >= 0.6 is 0 Å². The molecule has 2 nitrogen and oxygen atoms in total. The van der Waals surface area contributed by atoms with Gasteiger partial charge >= 0.3 is 0 Å². The summed E-state index contributed by atoms with van der Waals surface area (Å²) in [5, 5.41) is 0. The van der Waals surface area contributed by atoms with Crippen LogP contribution in [0.15, 0.2) is 18.2 Å². The lowest BCUT2D eigenvalue weighted by atomic mass is 10.1. The molecule has 0 radical (unpaired) electrons. The zero-order valence-electron chi connectivity index (χ0n) is 11.4. The molecule has 2 fully saturated rings. The minimum atomic E-state index is 0.935. The molecule has 0 aliphatic heterocycles. The van der Waals surface area contributed by atoms with Gasteiger partial charge in [0.1, 0.15) is 0 Å². The van der Waals surface area contributed by atoms with Crippen molar-refractivity contribution in [1.29, 1.82) is 0 Å². The minimum absolute atomic E-state index is 0.935. The molecular weight excluding hydrogens is 220 g/mol. The average molecular weight is 244 g/mol. The third-order valence-corrected chi connectivity index (χ3v) is 4.31. The van der Waals surface area contributed by atoms with E-state index in [1.807, 2.05) is 6.07 Å². The normalized spacial score (nSPS) is 19.4. The summed E-state index contributed by atoms with van der Waals surface area (Å²) in [5.41, 5.74) is 9.63. The van der Waals surface area contributed by atoms with Crippen molar-refractivity contribution >= 4 is 5.69 Å². The van der Waals surface area contributed by atoms with E-state index in [4.69, 9.17) is 5.73 Å². The summed E-state index contributed by atoms with van der Waals surface area (Å²) >= 11 is 0. The van der Waals surface area contributed by atoms with Gasteiger partial charge in [-0.2, -0.15) is 0 Å². The lowest BCUT2D eigenvalue weighted by Crippen LogP contribution is -2.28. The van der Waals surface area contributed by atoms with E-state index in [0.717, 1.165) is 24.1 Å². The highest BCUT2D eigenvalue weighted by Gasteiger charge is 2.29. The molecule has 2 heteroatoms. The first kappa shape index (κ1) is 12.0. The summed E-state index contributed by atoms with van der Waals surface area (Å²) in [5.74, 6) is 1.95. The Hall–Kier alpha value is -1.02. The van der Waals surface area contributed by atoms with E-state index in [9.17, 15) is 0 Å². The molecule has 2 aliphatic rings. The van der Waals surface area contributed by atoms with E-state index in [2.05, 4.69) is 24.0 Å². The third-order valence-electron chi connectivity index (χ3n) is 4.31. The third kappa shape index (κ3) is 3.05. The molecule has 0 aromatic heterocycles. The number of nitrogens with zero attached hydrogens (tertiary/aromatic N) is 1. The van der Waals surface area contributed by atoms with Gasteiger partial charge in [-0.05, 0) is 61.6 Å².